The lowest BCUT2D eigenvalue weighted by molar-refractivity contribution is -0.115. The highest BCUT2D eigenvalue weighted by Gasteiger charge is 1.97. The van der Waals surface area contributed by atoms with Crippen LogP contribution < -0.4 is 5.32 Å². The maximum atomic E-state index is 11.5. The van der Waals surface area contributed by atoms with Crippen LogP contribution in [0.3, 0.4) is 0 Å². The first-order chi connectivity index (χ1) is 9.34. The summed E-state index contributed by atoms with van der Waals surface area (Å²) in [5.41, 5.74) is 1.67. The quantitative estimate of drug-likeness (QED) is 0.834. The number of nitrogens with one attached hydrogen (secondary N) is 1. The van der Waals surface area contributed by atoms with E-state index in [0.717, 1.165) is 11.3 Å². The Kier molecular flexibility index (Phi) is 4.65. The average Bonchev–Trinajstić information content (AvgIpc) is 2.47. The number of hydrogen-bond acceptors (Lipinski definition) is 3. The molecule has 4 heteroatoms. The largest absolute Gasteiger partial charge is 0.345 e. The first-order valence-corrected chi connectivity index (χ1v) is 5.94. The zero-order valence-electron chi connectivity index (χ0n) is 10.3. The monoisotopic (exact) mass is 251 g/mol. The topological polar surface area (TPSA) is 54.9 Å². The molecule has 0 aliphatic carbocycles. The first-order valence-electron chi connectivity index (χ1n) is 5.94. The molecule has 0 aliphatic rings. The Bertz CT molecular complexity index is 585. The molecule has 0 unspecified atom stereocenters. The van der Waals surface area contributed by atoms with Crippen LogP contribution in [0.5, 0.6) is 0 Å². The molecule has 0 spiro atoms. The number of carbonyl (C=O) groups excluding carboxylic acids is 1. The van der Waals surface area contributed by atoms with Crippen molar-refractivity contribution in [1.29, 1.82) is 0 Å². The molecule has 4 nitrogen and oxygen atoms in total. The Morgan fingerprint density at radius 2 is 2.05 bits per heavy atom. The summed E-state index contributed by atoms with van der Waals surface area (Å²) in [4.78, 5) is 19.6. The van der Waals surface area contributed by atoms with Crippen LogP contribution in [0.15, 0.2) is 48.9 Å². The minimum Gasteiger partial charge on any atom is -0.345 e. The van der Waals surface area contributed by atoms with Gasteiger partial charge in [0.15, 0.2) is 0 Å². The van der Waals surface area contributed by atoms with E-state index in [4.69, 9.17) is 0 Å². The molecule has 2 rings (SSSR count). The van der Waals surface area contributed by atoms with E-state index in [1.54, 1.807) is 18.6 Å². The number of amides is 1. The van der Waals surface area contributed by atoms with E-state index in [9.17, 15) is 4.79 Å². The number of benzene rings is 1. The van der Waals surface area contributed by atoms with Crippen LogP contribution >= 0.6 is 0 Å². The Balaban J connectivity index is 1.78. The third kappa shape index (κ3) is 4.60. The molecule has 1 aromatic heterocycles. The Hall–Kier alpha value is -2.67. The second-order valence-corrected chi connectivity index (χ2v) is 3.82. The minimum absolute atomic E-state index is 0.284. The Morgan fingerprint density at radius 1 is 1.21 bits per heavy atom. The molecule has 0 fully saturated rings. The Morgan fingerprint density at radius 3 is 2.79 bits per heavy atom. The zero-order valence-corrected chi connectivity index (χ0v) is 10.3. The summed E-state index contributed by atoms with van der Waals surface area (Å²) >= 11 is 0. The van der Waals surface area contributed by atoms with Crippen LogP contribution in [0, 0.1) is 11.8 Å². The van der Waals surface area contributed by atoms with Crippen molar-refractivity contribution in [3.05, 3.63) is 60.2 Å². The summed E-state index contributed by atoms with van der Waals surface area (Å²) in [6, 6.07) is 9.40. The Labute approximate surface area is 111 Å². The predicted molar refractivity (Wildman–Crippen MR) is 72.1 cm³/mol. The van der Waals surface area contributed by atoms with E-state index < -0.39 is 0 Å². The van der Waals surface area contributed by atoms with Gasteiger partial charge in [0, 0.05) is 43.0 Å². The van der Waals surface area contributed by atoms with Crippen molar-refractivity contribution in [3.8, 4) is 11.8 Å². The lowest BCUT2D eigenvalue weighted by Gasteiger charge is -1.99. The molecule has 2 aromatic rings. The van der Waals surface area contributed by atoms with Gasteiger partial charge in [-0.05, 0) is 12.1 Å². The summed E-state index contributed by atoms with van der Waals surface area (Å²) in [7, 11) is 0. The van der Waals surface area contributed by atoms with Crippen LogP contribution in [0.25, 0.3) is 0 Å². The molecule has 1 aromatic carbocycles. The van der Waals surface area contributed by atoms with Crippen molar-refractivity contribution in [2.24, 2.45) is 0 Å². The molecule has 0 bridgehead atoms. The normalized spacial score (nSPS) is 9.26. The molecule has 0 radical (unpaired) electrons. The summed E-state index contributed by atoms with van der Waals surface area (Å²) in [5, 5.41) is 2.72. The molecule has 1 N–H and O–H groups in total. The predicted octanol–water partition coefficient (Wildman–Crippen LogP) is 1.19. The number of rotatable bonds is 3. The number of carbonyl (C=O) groups is 1. The molecule has 0 aliphatic heterocycles. The molecule has 0 saturated carbocycles. The number of hydrogen-bond donors (Lipinski definition) is 1. The van der Waals surface area contributed by atoms with Gasteiger partial charge in [0.1, 0.15) is 0 Å². The summed E-state index contributed by atoms with van der Waals surface area (Å²) in [6.45, 7) is 0.501. The van der Waals surface area contributed by atoms with Crippen molar-refractivity contribution in [2.45, 2.75) is 6.42 Å². The third-order valence-corrected chi connectivity index (χ3v) is 2.38. The van der Waals surface area contributed by atoms with Crippen LogP contribution in [0.2, 0.25) is 0 Å². The highest BCUT2D eigenvalue weighted by Crippen LogP contribution is 1.94. The van der Waals surface area contributed by atoms with Gasteiger partial charge in [-0.3, -0.25) is 14.8 Å². The summed E-state index contributed by atoms with van der Waals surface area (Å²) < 4.78 is 0. The fourth-order valence-corrected chi connectivity index (χ4v) is 1.46. The van der Waals surface area contributed by atoms with Gasteiger partial charge in [-0.1, -0.05) is 24.1 Å². The van der Waals surface area contributed by atoms with E-state index in [2.05, 4.69) is 27.1 Å². The molecule has 19 heavy (non-hydrogen) atoms. The number of nitrogens with zero attached hydrogens (tertiary/aromatic N) is 2. The molecular formula is C15H13N3O. The second kappa shape index (κ2) is 6.92. The standard InChI is InChI=1S/C15H13N3O/c19-15(7-6-13-4-2-1-3-5-13)18-9-8-14-12-16-10-11-17-14/h1-5,10-12H,8-9H2,(H,18,19). The molecule has 94 valence electrons. The van der Waals surface area contributed by atoms with E-state index in [-0.39, 0.29) is 5.91 Å². The third-order valence-electron chi connectivity index (χ3n) is 2.38. The lowest BCUT2D eigenvalue weighted by atomic mass is 10.2. The van der Waals surface area contributed by atoms with Crippen molar-refractivity contribution >= 4 is 5.91 Å². The molecular weight excluding hydrogens is 238 g/mol. The van der Waals surface area contributed by atoms with Gasteiger partial charge in [0.25, 0.3) is 5.91 Å². The average molecular weight is 251 g/mol. The highest BCUT2D eigenvalue weighted by atomic mass is 16.1. The highest BCUT2D eigenvalue weighted by molar-refractivity contribution is 5.94. The van der Waals surface area contributed by atoms with Crippen LogP contribution in [0.1, 0.15) is 11.3 Å². The van der Waals surface area contributed by atoms with Crippen LogP contribution in [-0.4, -0.2) is 22.4 Å². The number of aromatic nitrogens is 2. The maximum Gasteiger partial charge on any atom is 0.296 e. The van der Waals surface area contributed by atoms with Gasteiger partial charge in [-0.2, -0.15) is 0 Å². The van der Waals surface area contributed by atoms with Gasteiger partial charge in [-0.15, -0.1) is 0 Å². The fourth-order valence-electron chi connectivity index (χ4n) is 1.46. The van der Waals surface area contributed by atoms with Gasteiger partial charge >= 0.3 is 0 Å². The molecule has 1 heterocycles. The van der Waals surface area contributed by atoms with Crippen LogP contribution in [0.4, 0.5) is 0 Å². The lowest BCUT2D eigenvalue weighted by Crippen LogP contribution is -2.24. The van der Waals surface area contributed by atoms with E-state index >= 15 is 0 Å². The van der Waals surface area contributed by atoms with Crippen molar-refractivity contribution in [1.82, 2.24) is 15.3 Å². The van der Waals surface area contributed by atoms with Gasteiger partial charge in [0.2, 0.25) is 0 Å². The molecule has 1 amide bonds. The fraction of sp³-hybridized carbons (Fsp3) is 0.133. The van der Waals surface area contributed by atoms with Crippen molar-refractivity contribution < 1.29 is 4.79 Å². The maximum absolute atomic E-state index is 11.5. The molecule has 0 atom stereocenters. The van der Waals surface area contributed by atoms with Gasteiger partial charge in [-0.25, -0.2) is 0 Å². The first kappa shape index (κ1) is 12.8. The van der Waals surface area contributed by atoms with E-state index in [1.165, 1.54) is 0 Å². The zero-order chi connectivity index (χ0) is 13.3. The van der Waals surface area contributed by atoms with E-state index in [1.807, 2.05) is 30.3 Å². The van der Waals surface area contributed by atoms with E-state index in [0.29, 0.717) is 13.0 Å². The van der Waals surface area contributed by atoms with Gasteiger partial charge < -0.3 is 5.32 Å². The van der Waals surface area contributed by atoms with Crippen molar-refractivity contribution in [2.75, 3.05) is 6.54 Å². The summed E-state index contributed by atoms with van der Waals surface area (Å²) in [5.74, 6) is 5.07. The van der Waals surface area contributed by atoms with Gasteiger partial charge in [0.05, 0.1) is 5.69 Å². The smallest absolute Gasteiger partial charge is 0.296 e. The van der Waals surface area contributed by atoms with Crippen LogP contribution in [-0.2, 0) is 11.2 Å². The minimum atomic E-state index is -0.284. The van der Waals surface area contributed by atoms with Crippen molar-refractivity contribution in [3.63, 3.8) is 0 Å². The summed E-state index contributed by atoms with van der Waals surface area (Å²) in [6.07, 6.45) is 5.58. The SMILES string of the molecule is O=C(C#Cc1ccccc1)NCCc1cnccn1. The molecule has 0 saturated heterocycles. The second-order valence-electron chi connectivity index (χ2n) is 3.82.